The average Bonchev–Trinajstić information content (AvgIpc) is 3.22. The molecule has 7 atom stereocenters. The van der Waals surface area contributed by atoms with E-state index in [1.165, 1.54) is 11.1 Å². The summed E-state index contributed by atoms with van der Waals surface area (Å²) in [6.07, 6.45) is -0.446. The molecule has 1 spiro atoms. The second kappa shape index (κ2) is 8.81. The van der Waals surface area contributed by atoms with Crippen molar-refractivity contribution >= 4 is 0 Å². The summed E-state index contributed by atoms with van der Waals surface area (Å²) in [5.74, 6) is 0.876. The fraction of sp³-hybridized carbons (Fsp3) is 0.667. The Morgan fingerprint density at radius 1 is 1.09 bits per heavy atom. The van der Waals surface area contributed by atoms with Crippen LogP contribution in [0.3, 0.4) is 0 Å². The highest BCUT2D eigenvalue weighted by Gasteiger charge is 2.52. The Kier molecular flexibility index (Phi) is 6.15. The number of benzene rings is 1. The summed E-state index contributed by atoms with van der Waals surface area (Å²) in [5.41, 5.74) is 3.55. The third-order valence-electron chi connectivity index (χ3n) is 7.80. The van der Waals surface area contributed by atoms with Gasteiger partial charge in [-0.3, -0.25) is 4.90 Å². The highest BCUT2D eigenvalue weighted by atomic mass is 16.7. The summed E-state index contributed by atoms with van der Waals surface area (Å²) >= 11 is 0. The van der Waals surface area contributed by atoms with E-state index >= 15 is 0 Å². The normalized spacial score (nSPS) is 38.2. The zero-order chi connectivity index (χ0) is 23.3. The summed E-state index contributed by atoms with van der Waals surface area (Å²) in [6, 6.07) is 3.94. The highest BCUT2D eigenvalue weighted by Crippen LogP contribution is 2.54. The molecule has 1 aromatic carbocycles. The molecule has 0 aromatic heterocycles. The lowest BCUT2D eigenvalue weighted by Gasteiger charge is -2.50. The van der Waals surface area contributed by atoms with E-state index in [-0.39, 0.29) is 11.6 Å². The molecule has 3 aliphatic heterocycles. The zero-order valence-corrected chi connectivity index (χ0v) is 19.0. The fourth-order valence-electron chi connectivity index (χ4n) is 5.99. The van der Waals surface area contributed by atoms with Gasteiger partial charge >= 0.3 is 0 Å². The Bertz CT molecular complexity index is 920. The van der Waals surface area contributed by atoms with Gasteiger partial charge < -0.3 is 39.4 Å². The molecular formula is C24H33NO8. The van der Waals surface area contributed by atoms with Crippen LogP contribution in [0.1, 0.15) is 30.4 Å². The van der Waals surface area contributed by atoms with Gasteiger partial charge in [0.2, 0.25) is 6.29 Å². The number of fused-ring (bicyclic) bond motifs is 1. The highest BCUT2D eigenvalue weighted by molar-refractivity contribution is 5.55. The Morgan fingerprint density at radius 3 is 2.64 bits per heavy atom. The van der Waals surface area contributed by atoms with Crippen LogP contribution in [-0.4, -0.2) is 96.1 Å². The van der Waals surface area contributed by atoms with Crippen molar-refractivity contribution in [3.8, 4) is 11.5 Å². The van der Waals surface area contributed by atoms with Crippen molar-refractivity contribution in [3.05, 3.63) is 34.9 Å². The third kappa shape index (κ3) is 3.58. The van der Waals surface area contributed by atoms with Crippen LogP contribution in [0, 0.1) is 0 Å². The molecule has 1 saturated carbocycles. The number of nitrogens with zero attached hydrogens (tertiary/aromatic N) is 1. The quantitative estimate of drug-likeness (QED) is 0.450. The van der Waals surface area contributed by atoms with E-state index < -0.39 is 37.3 Å². The Balaban J connectivity index is 1.50. The lowest BCUT2D eigenvalue weighted by molar-refractivity contribution is -0.277. The SMILES string of the molecule is COc1cc2c(cc1O[C@@H]1O[C@H](CO)[C@@H](O)[C@H](O)[C@H]1O)CCN1CC=C3CC[C@@H](OC)C[C@]321. The molecule has 1 aromatic rings. The van der Waals surface area contributed by atoms with Crippen molar-refractivity contribution in [2.75, 3.05) is 33.9 Å². The molecule has 0 bridgehead atoms. The zero-order valence-electron chi connectivity index (χ0n) is 19.0. The maximum atomic E-state index is 10.4. The smallest absolute Gasteiger partial charge is 0.229 e. The first-order valence-electron chi connectivity index (χ1n) is 11.6. The van der Waals surface area contributed by atoms with Gasteiger partial charge in [-0.1, -0.05) is 6.08 Å². The molecule has 9 nitrogen and oxygen atoms in total. The van der Waals surface area contributed by atoms with E-state index in [0.717, 1.165) is 44.3 Å². The molecule has 1 saturated heterocycles. The van der Waals surface area contributed by atoms with Gasteiger partial charge in [0, 0.05) is 26.6 Å². The summed E-state index contributed by atoms with van der Waals surface area (Å²) < 4.78 is 22.9. The standard InChI is InChI=1S/C24H33NO8/c1-30-15-4-3-14-6-8-25-7-5-13-9-18(17(31-2)10-16(13)24(14,25)11-15)32-23-22(29)21(28)20(27)19(12-26)33-23/h6,9-10,15,19-23,26-29H,3-5,7-8,11-12H2,1-2H3/t15-,19-,20-,21+,22-,23-,24+/m1/s1. The molecule has 9 heteroatoms. The molecular weight excluding hydrogens is 430 g/mol. The van der Waals surface area contributed by atoms with Gasteiger partial charge in [-0.15, -0.1) is 0 Å². The van der Waals surface area contributed by atoms with Crippen molar-refractivity contribution in [2.24, 2.45) is 0 Å². The van der Waals surface area contributed by atoms with Crippen molar-refractivity contribution < 1.29 is 39.4 Å². The Morgan fingerprint density at radius 2 is 1.91 bits per heavy atom. The molecule has 1 aliphatic carbocycles. The van der Waals surface area contributed by atoms with Crippen molar-refractivity contribution in [2.45, 2.75) is 68.0 Å². The molecule has 4 aliphatic rings. The van der Waals surface area contributed by atoms with Gasteiger partial charge in [0.1, 0.15) is 24.4 Å². The Hall–Kier alpha value is -1.72. The molecule has 3 heterocycles. The van der Waals surface area contributed by atoms with E-state index in [1.807, 2.05) is 12.1 Å². The van der Waals surface area contributed by atoms with Crippen molar-refractivity contribution in [1.82, 2.24) is 4.90 Å². The van der Waals surface area contributed by atoms with Crippen molar-refractivity contribution in [1.29, 1.82) is 0 Å². The predicted molar refractivity (Wildman–Crippen MR) is 117 cm³/mol. The van der Waals surface area contributed by atoms with Gasteiger partial charge in [-0.25, -0.2) is 0 Å². The second-order valence-corrected chi connectivity index (χ2v) is 9.36. The van der Waals surface area contributed by atoms with Crippen LogP contribution in [0.2, 0.25) is 0 Å². The van der Waals surface area contributed by atoms with Gasteiger partial charge in [0.25, 0.3) is 0 Å². The molecule has 0 unspecified atom stereocenters. The summed E-state index contributed by atoms with van der Waals surface area (Å²) in [7, 11) is 3.33. The molecule has 4 N–H and O–H groups in total. The number of ether oxygens (including phenoxy) is 4. The monoisotopic (exact) mass is 463 g/mol. The van der Waals surface area contributed by atoms with E-state index in [9.17, 15) is 20.4 Å². The molecule has 33 heavy (non-hydrogen) atoms. The van der Waals surface area contributed by atoms with Crippen LogP contribution in [0.25, 0.3) is 0 Å². The molecule has 0 amide bonds. The van der Waals surface area contributed by atoms with Crippen LogP contribution >= 0.6 is 0 Å². The van der Waals surface area contributed by atoms with Gasteiger partial charge in [-0.05, 0) is 48.1 Å². The summed E-state index contributed by atoms with van der Waals surface area (Å²) in [6.45, 7) is 1.33. The average molecular weight is 464 g/mol. The minimum Gasteiger partial charge on any atom is -0.493 e. The molecule has 0 radical (unpaired) electrons. The van der Waals surface area contributed by atoms with Gasteiger partial charge in [0.15, 0.2) is 11.5 Å². The lowest BCUT2D eigenvalue weighted by atomic mass is 9.69. The van der Waals surface area contributed by atoms with E-state index in [4.69, 9.17) is 18.9 Å². The second-order valence-electron chi connectivity index (χ2n) is 9.36. The maximum Gasteiger partial charge on any atom is 0.229 e. The number of hydrogen-bond acceptors (Lipinski definition) is 9. The van der Waals surface area contributed by atoms with Crippen LogP contribution in [-0.2, 0) is 21.4 Å². The maximum absolute atomic E-state index is 10.4. The number of methoxy groups -OCH3 is 2. The minimum atomic E-state index is -1.50. The van der Waals surface area contributed by atoms with Crippen LogP contribution in [0.15, 0.2) is 23.8 Å². The first-order valence-corrected chi connectivity index (χ1v) is 11.6. The topological polar surface area (TPSA) is 121 Å². The number of rotatable bonds is 5. The van der Waals surface area contributed by atoms with E-state index in [1.54, 1.807) is 14.2 Å². The summed E-state index contributed by atoms with van der Waals surface area (Å²) in [5, 5.41) is 40.0. The van der Waals surface area contributed by atoms with Crippen molar-refractivity contribution in [3.63, 3.8) is 0 Å². The van der Waals surface area contributed by atoms with Gasteiger partial charge in [-0.2, -0.15) is 0 Å². The Labute approximate surface area is 193 Å². The first kappa shape index (κ1) is 23.0. The molecule has 182 valence electrons. The largest absolute Gasteiger partial charge is 0.493 e. The first-order chi connectivity index (χ1) is 15.9. The number of hydrogen-bond donors (Lipinski definition) is 4. The predicted octanol–water partition coefficient (Wildman–Crippen LogP) is 0.0662. The minimum absolute atomic E-state index is 0.185. The summed E-state index contributed by atoms with van der Waals surface area (Å²) in [4.78, 5) is 2.52. The lowest BCUT2D eigenvalue weighted by Crippen LogP contribution is -2.60. The number of aliphatic hydroxyl groups is 4. The fourth-order valence-corrected chi connectivity index (χ4v) is 5.99. The van der Waals surface area contributed by atoms with Crippen LogP contribution < -0.4 is 9.47 Å². The molecule has 2 fully saturated rings. The van der Waals surface area contributed by atoms with Gasteiger partial charge in [0.05, 0.1) is 25.4 Å². The third-order valence-corrected chi connectivity index (χ3v) is 7.80. The van der Waals surface area contributed by atoms with E-state index in [0.29, 0.717) is 11.5 Å². The van der Waals surface area contributed by atoms with Crippen LogP contribution in [0.5, 0.6) is 11.5 Å². The van der Waals surface area contributed by atoms with Crippen LogP contribution in [0.4, 0.5) is 0 Å². The van der Waals surface area contributed by atoms with E-state index in [2.05, 4.69) is 11.0 Å². The molecule has 5 rings (SSSR count). The number of aliphatic hydroxyl groups excluding tert-OH is 4.